The molecule has 0 saturated heterocycles. The molecule has 0 radical (unpaired) electrons. The highest BCUT2D eigenvalue weighted by molar-refractivity contribution is 5.88. The van der Waals surface area contributed by atoms with Gasteiger partial charge >= 0.3 is 5.97 Å². The maximum Gasteiger partial charge on any atom is 0.335 e. The van der Waals surface area contributed by atoms with E-state index in [4.69, 9.17) is 5.11 Å². The Kier molecular flexibility index (Phi) is 3.55. The number of carboxylic acids is 1. The number of anilines is 1. The molecular weight excluding hydrogens is 233 g/mol. The number of hydrogen-bond donors (Lipinski definition) is 2. The summed E-state index contributed by atoms with van der Waals surface area (Å²) in [5.41, 5.74) is 0.671. The highest BCUT2D eigenvalue weighted by atomic mass is 19.1. The second-order valence-corrected chi connectivity index (χ2v) is 5.06. The molecule has 98 valence electrons. The standard InChI is InChI=1S/C14H18FNO2/c1-2-14(6-3-7-14)9-16-12-5-4-10(13(17)18)8-11(12)15/h4-5,8,16H,2-3,6-7,9H2,1H3,(H,17,18). The number of halogens is 1. The van der Waals surface area contributed by atoms with Crippen LogP contribution in [0.5, 0.6) is 0 Å². The summed E-state index contributed by atoms with van der Waals surface area (Å²) in [5, 5.41) is 11.9. The molecule has 18 heavy (non-hydrogen) atoms. The third-order valence-corrected chi connectivity index (χ3v) is 4.03. The molecular formula is C14H18FNO2. The van der Waals surface area contributed by atoms with Crippen molar-refractivity contribution in [1.82, 2.24) is 0 Å². The second-order valence-electron chi connectivity index (χ2n) is 5.06. The minimum Gasteiger partial charge on any atom is -0.478 e. The van der Waals surface area contributed by atoms with Crippen LogP contribution in [0.4, 0.5) is 10.1 Å². The summed E-state index contributed by atoms with van der Waals surface area (Å²) in [6, 6.07) is 3.98. The summed E-state index contributed by atoms with van der Waals surface area (Å²) >= 11 is 0. The van der Waals surface area contributed by atoms with Crippen LogP contribution in [0.15, 0.2) is 18.2 Å². The summed E-state index contributed by atoms with van der Waals surface area (Å²) in [4.78, 5) is 10.7. The Labute approximate surface area is 106 Å². The van der Waals surface area contributed by atoms with Gasteiger partial charge in [0.15, 0.2) is 0 Å². The van der Waals surface area contributed by atoms with Gasteiger partial charge in [-0.25, -0.2) is 9.18 Å². The van der Waals surface area contributed by atoms with Gasteiger partial charge < -0.3 is 10.4 Å². The molecule has 1 aromatic rings. The van der Waals surface area contributed by atoms with Crippen LogP contribution in [-0.4, -0.2) is 17.6 Å². The number of carboxylic acid groups (broad SMARTS) is 1. The van der Waals surface area contributed by atoms with Crippen LogP contribution in [0.25, 0.3) is 0 Å². The number of rotatable bonds is 5. The summed E-state index contributed by atoms with van der Waals surface area (Å²) in [6.07, 6.45) is 4.71. The lowest BCUT2D eigenvalue weighted by Crippen LogP contribution is -2.36. The molecule has 0 amide bonds. The highest BCUT2D eigenvalue weighted by Crippen LogP contribution is 2.43. The summed E-state index contributed by atoms with van der Waals surface area (Å²) in [5.74, 6) is -1.61. The third kappa shape index (κ3) is 2.47. The molecule has 2 rings (SSSR count). The van der Waals surface area contributed by atoms with E-state index in [1.165, 1.54) is 31.4 Å². The van der Waals surface area contributed by atoms with Crippen LogP contribution in [0.2, 0.25) is 0 Å². The number of hydrogen-bond acceptors (Lipinski definition) is 2. The van der Waals surface area contributed by atoms with Crippen LogP contribution in [0, 0.1) is 11.2 Å². The largest absolute Gasteiger partial charge is 0.478 e. The van der Waals surface area contributed by atoms with Crippen molar-refractivity contribution in [3.05, 3.63) is 29.6 Å². The molecule has 4 heteroatoms. The monoisotopic (exact) mass is 251 g/mol. The predicted octanol–water partition coefficient (Wildman–Crippen LogP) is 3.52. The Morgan fingerprint density at radius 1 is 1.50 bits per heavy atom. The molecule has 0 spiro atoms. The Bertz CT molecular complexity index is 450. The molecule has 3 nitrogen and oxygen atoms in total. The van der Waals surface area contributed by atoms with Crippen molar-refractivity contribution < 1.29 is 14.3 Å². The lowest BCUT2D eigenvalue weighted by atomic mass is 9.67. The predicted molar refractivity (Wildman–Crippen MR) is 68.4 cm³/mol. The van der Waals surface area contributed by atoms with Gasteiger partial charge in [-0.3, -0.25) is 0 Å². The van der Waals surface area contributed by atoms with E-state index in [0.717, 1.165) is 19.0 Å². The van der Waals surface area contributed by atoms with E-state index in [1.54, 1.807) is 0 Å². The Balaban J connectivity index is 2.03. The smallest absolute Gasteiger partial charge is 0.335 e. The Morgan fingerprint density at radius 2 is 2.22 bits per heavy atom. The zero-order valence-corrected chi connectivity index (χ0v) is 10.5. The number of carbonyl (C=O) groups is 1. The molecule has 0 aliphatic heterocycles. The lowest BCUT2D eigenvalue weighted by molar-refractivity contribution is 0.0696. The molecule has 0 unspecified atom stereocenters. The lowest BCUT2D eigenvalue weighted by Gasteiger charge is -2.41. The molecule has 0 atom stereocenters. The first kappa shape index (κ1) is 12.9. The fraction of sp³-hybridized carbons (Fsp3) is 0.500. The Hall–Kier alpha value is -1.58. The van der Waals surface area contributed by atoms with Gasteiger partial charge in [0.05, 0.1) is 11.3 Å². The van der Waals surface area contributed by atoms with Crippen LogP contribution >= 0.6 is 0 Å². The molecule has 0 bridgehead atoms. The van der Waals surface area contributed by atoms with Crippen molar-refractivity contribution in [2.45, 2.75) is 32.6 Å². The summed E-state index contributed by atoms with van der Waals surface area (Å²) < 4.78 is 13.7. The summed E-state index contributed by atoms with van der Waals surface area (Å²) in [6.45, 7) is 2.91. The number of nitrogens with one attached hydrogen (secondary N) is 1. The SMILES string of the molecule is CCC1(CNc2ccc(C(=O)O)cc2F)CCC1. The number of benzene rings is 1. The fourth-order valence-corrected chi connectivity index (χ4v) is 2.41. The van der Waals surface area contributed by atoms with Crippen molar-refractivity contribution in [1.29, 1.82) is 0 Å². The van der Waals surface area contributed by atoms with Crippen molar-refractivity contribution in [3.63, 3.8) is 0 Å². The molecule has 1 aliphatic carbocycles. The van der Waals surface area contributed by atoms with Gasteiger partial charge in [-0.05, 0) is 42.9 Å². The average Bonchev–Trinajstić information content (AvgIpc) is 2.29. The van der Waals surface area contributed by atoms with Gasteiger partial charge in [-0.2, -0.15) is 0 Å². The molecule has 1 aliphatic rings. The first-order valence-electron chi connectivity index (χ1n) is 6.33. The van der Waals surface area contributed by atoms with E-state index in [-0.39, 0.29) is 5.56 Å². The zero-order chi connectivity index (χ0) is 13.2. The first-order valence-corrected chi connectivity index (χ1v) is 6.33. The molecule has 0 aromatic heterocycles. The van der Waals surface area contributed by atoms with Crippen molar-refractivity contribution in [3.8, 4) is 0 Å². The van der Waals surface area contributed by atoms with E-state index in [1.807, 2.05) is 0 Å². The minimum atomic E-state index is -1.11. The van der Waals surface area contributed by atoms with Crippen molar-refractivity contribution >= 4 is 11.7 Å². The van der Waals surface area contributed by atoms with E-state index in [2.05, 4.69) is 12.2 Å². The van der Waals surface area contributed by atoms with E-state index >= 15 is 0 Å². The molecule has 2 N–H and O–H groups in total. The quantitative estimate of drug-likeness (QED) is 0.841. The van der Waals surface area contributed by atoms with Gasteiger partial charge in [0.25, 0.3) is 0 Å². The average molecular weight is 251 g/mol. The van der Waals surface area contributed by atoms with Crippen molar-refractivity contribution in [2.24, 2.45) is 5.41 Å². The van der Waals surface area contributed by atoms with Gasteiger partial charge in [0.2, 0.25) is 0 Å². The summed E-state index contributed by atoms with van der Waals surface area (Å²) in [7, 11) is 0. The van der Waals surface area contributed by atoms with Crippen LogP contribution in [-0.2, 0) is 0 Å². The van der Waals surface area contributed by atoms with Gasteiger partial charge in [0, 0.05) is 6.54 Å². The van der Waals surface area contributed by atoms with Gasteiger partial charge in [0.1, 0.15) is 5.82 Å². The fourth-order valence-electron chi connectivity index (χ4n) is 2.41. The minimum absolute atomic E-state index is 0.0214. The normalized spacial score (nSPS) is 17.0. The van der Waals surface area contributed by atoms with E-state index in [0.29, 0.717) is 11.1 Å². The Morgan fingerprint density at radius 3 is 2.67 bits per heavy atom. The number of aromatic carboxylic acids is 1. The van der Waals surface area contributed by atoms with Crippen LogP contribution in [0.1, 0.15) is 43.0 Å². The second kappa shape index (κ2) is 4.96. The first-order chi connectivity index (χ1) is 8.56. The molecule has 1 aromatic carbocycles. The third-order valence-electron chi connectivity index (χ3n) is 4.03. The molecule has 0 heterocycles. The van der Waals surface area contributed by atoms with Crippen LogP contribution in [0.3, 0.4) is 0 Å². The van der Waals surface area contributed by atoms with Gasteiger partial charge in [-0.1, -0.05) is 13.3 Å². The molecule has 1 saturated carbocycles. The van der Waals surface area contributed by atoms with Gasteiger partial charge in [-0.15, -0.1) is 0 Å². The topological polar surface area (TPSA) is 49.3 Å². The van der Waals surface area contributed by atoms with E-state index < -0.39 is 11.8 Å². The zero-order valence-electron chi connectivity index (χ0n) is 10.5. The van der Waals surface area contributed by atoms with Crippen molar-refractivity contribution in [2.75, 3.05) is 11.9 Å². The molecule has 1 fully saturated rings. The highest BCUT2D eigenvalue weighted by Gasteiger charge is 2.34. The maximum atomic E-state index is 13.7. The van der Waals surface area contributed by atoms with Crippen LogP contribution < -0.4 is 5.32 Å². The van der Waals surface area contributed by atoms with E-state index in [9.17, 15) is 9.18 Å². The maximum absolute atomic E-state index is 13.7.